The van der Waals surface area contributed by atoms with Gasteiger partial charge in [0.2, 0.25) is 0 Å². The molecule has 0 saturated carbocycles. The van der Waals surface area contributed by atoms with E-state index in [0.29, 0.717) is 19.5 Å². The molecule has 0 aromatic rings. The number of hydroxylamine groups is 3. The molecule has 0 aliphatic rings. The summed E-state index contributed by atoms with van der Waals surface area (Å²) in [5.74, 6) is -0.670. The highest BCUT2D eigenvalue weighted by molar-refractivity contribution is 5.66. The van der Waals surface area contributed by atoms with Gasteiger partial charge in [-0.25, -0.2) is 0 Å². The highest BCUT2D eigenvalue weighted by atomic mass is 16.5. The van der Waals surface area contributed by atoms with Gasteiger partial charge in [0.05, 0.1) is 20.6 Å². The van der Waals surface area contributed by atoms with Crippen LogP contribution < -0.4 is 5.73 Å². The largest absolute Gasteiger partial charge is 0.633 e. The van der Waals surface area contributed by atoms with Crippen LogP contribution in [0, 0.1) is 5.21 Å². The van der Waals surface area contributed by atoms with Gasteiger partial charge in [0.15, 0.2) is 0 Å². The highest BCUT2D eigenvalue weighted by Crippen LogP contribution is 2.04. The van der Waals surface area contributed by atoms with E-state index in [1.165, 1.54) is 19.3 Å². The van der Waals surface area contributed by atoms with Crippen LogP contribution in [0.2, 0.25) is 0 Å². The second-order valence-corrected chi connectivity index (χ2v) is 5.00. The van der Waals surface area contributed by atoms with Gasteiger partial charge < -0.3 is 20.7 Å². The molecule has 0 rings (SSSR count). The summed E-state index contributed by atoms with van der Waals surface area (Å²) in [6.45, 7) is 3.39. The zero-order valence-corrected chi connectivity index (χ0v) is 12.2. The van der Waals surface area contributed by atoms with Crippen molar-refractivity contribution in [3.63, 3.8) is 0 Å². The number of rotatable bonds is 9. The minimum atomic E-state index is -0.670. The topological polar surface area (TPSA) is 86.4 Å². The van der Waals surface area contributed by atoms with E-state index in [2.05, 4.69) is 6.92 Å². The Morgan fingerprint density at radius 3 is 2.06 bits per heavy atom. The average Bonchev–Trinajstić information content (AvgIpc) is 2.25. The molecule has 3 N–H and O–H groups in total. The first-order valence-electron chi connectivity index (χ1n) is 6.79. The summed E-state index contributed by atoms with van der Waals surface area (Å²) >= 11 is 0. The predicted molar refractivity (Wildman–Crippen MR) is 75.0 cm³/mol. The Morgan fingerprint density at radius 2 is 1.72 bits per heavy atom. The Kier molecular flexibility index (Phi) is 14.0. The lowest BCUT2D eigenvalue weighted by atomic mass is 10.1. The summed E-state index contributed by atoms with van der Waals surface area (Å²) in [7, 11) is 3.24. The SMILES string of the molecule is CCCCCCCC(=O)O.C[N+](C)([O-])CCCN. The maximum Gasteiger partial charge on any atom is 0.303 e. The molecule has 18 heavy (non-hydrogen) atoms. The van der Waals surface area contributed by atoms with Crippen molar-refractivity contribution in [2.75, 3.05) is 27.2 Å². The van der Waals surface area contributed by atoms with Gasteiger partial charge in [0.1, 0.15) is 0 Å². The van der Waals surface area contributed by atoms with Crippen molar-refractivity contribution in [3.05, 3.63) is 5.21 Å². The summed E-state index contributed by atoms with van der Waals surface area (Å²) in [6, 6.07) is 0. The van der Waals surface area contributed by atoms with Gasteiger partial charge in [0.25, 0.3) is 0 Å². The van der Waals surface area contributed by atoms with Crippen LogP contribution in [0.15, 0.2) is 0 Å². The molecule has 5 nitrogen and oxygen atoms in total. The number of hydrogen-bond acceptors (Lipinski definition) is 3. The fourth-order valence-electron chi connectivity index (χ4n) is 1.35. The fourth-order valence-corrected chi connectivity index (χ4v) is 1.35. The number of nitrogens with two attached hydrogens (primary N) is 1. The van der Waals surface area contributed by atoms with E-state index < -0.39 is 5.97 Å². The molecule has 0 aliphatic carbocycles. The molecular formula is C13H30N2O3. The molecule has 0 spiro atoms. The number of nitrogens with zero attached hydrogens (tertiary/aromatic N) is 1. The van der Waals surface area contributed by atoms with Crippen LogP contribution in [0.1, 0.15) is 51.9 Å². The van der Waals surface area contributed by atoms with Gasteiger partial charge in [0, 0.05) is 12.8 Å². The minimum absolute atomic E-state index is 0.225. The average molecular weight is 262 g/mol. The van der Waals surface area contributed by atoms with Crippen molar-refractivity contribution < 1.29 is 14.5 Å². The molecule has 0 unspecified atom stereocenters. The minimum Gasteiger partial charge on any atom is -0.633 e. The van der Waals surface area contributed by atoms with Crippen LogP contribution in [0.5, 0.6) is 0 Å². The van der Waals surface area contributed by atoms with Crippen LogP contribution in [0.4, 0.5) is 0 Å². The molecule has 0 aromatic carbocycles. The summed E-state index contributed by atoms with van der Waals surface area (Å²) in [5.41, 5.74) is 5.19. The lowest BCUT2D eigenvalue weighted by Gasteiger charge is -2.33. The third-order valence-electron chi connectivity index (χ3n) is 2.39. The predicted octanol–water partition coefficient (Wildman–Crippen LogP) is 2.34. The summed E-state index contributed by atoms with van der Waals surface area (Å²) in [5, 5.41) is 19.0. The quantitative estimate of drug-likeness (QED) is 0.379. The first kappa shape index (κ1) is 19.7. The Bertz CT molecular complexity index is 191. The van der Waals surface area contributed by atoms with E-state index in [4.69, 9.17) is 10.8 Å². The van der Waals surface area contributed by atoms with Crippen LogP contribution >= 0.6 is 0 Å². The Labute approximate surface area is 111 Å². The molecule has 0 aromatic heterocycles. The number of quaternary nitrogens is 1. The van der Waals surface area contributed by atoms with Crippen molar-refractivity contribution in [3.8, 4) is 0 Å². The van der Waals surface area contributed by atoms with Crippen molar-refractivity contribution >= 4 is 5.97 Å². The molecule has 110 valence electrons. The second-order valence-electron chi connectivity index (χ2n) is 5.00. The second kappa shape index (κ2) is 12.8. The zero-order valence-electron chi connectivity index (χ0n) is 12.2. The Hall–Kier alpha value is -0.650. The summed E-state index contributed by atoms with van der Waals surface area (Å²) in [4.78, 5) is 10.0. The monoisotopic (exact) mass is 262 g/mol. The van der Waals surface area contributed by atoms with E-state index in [-0.39, 0.29) is 4.65 Å². The smallest absolute Gasteiger partial charge is 0.303 e. The van der Waals surface area contributed by atoms with Gasteiger partial charge >= 0.3 is 5.97 Å². The molecular weight excluding hydrogens is 232 g/mol. The third-order valence-corrected chi connectivity index (χ3v) is 2.39. The van der Waals surface area contributed by atoms with Gasteiger partial charge in [-0.15, -0.1) is 0 Å². The number of aliphatic carboxylic acids is 1. The van der Waals surface area contributed by atoms with Gasteiger partial charge in [-0.2, -0.15) is 0 Å². The number of unbranched alkanes of at least 4 members (excludes halogenated alkanes) is 4. The van der Waals surface area contributed by atoms with E-state index in [1.807, 2.05) is 0 Å². The van der Waals surface area contributed by atoms with Crippen LogP contribution in [0.3, 0.4) is 0 Å². The van der Waals surface area contributed by atoms with Crippen molar-refractivity contribution in [1.29, 1.82) is 0 Å². The van der Waals surface area contributed by atoms with Crippen LogP contribution in [0.25, 0.3) is 0 Å². The maximum absolute atomic E-state index is 10.7. The molecule has 0 saturated heterocycles. The van der Waals surface area contributed by atoms with E-state index in [1.54, 1.807) is 14.1 Å². The standard InChI is InChI=1S/C8H16O2.C5H14N2O/c1-2-3-4-5-6-7-8(9)10;1-7(2,8)5-3-4-6/h2-7H2,1H3,(H,9,10);3-6H2,1-2H3. The summed E-state index contributed by atoms with van der Waals surface area (Å²) in [6.07, 6.45) is 6.70. The molecule has 0 amide bonds. The van der Waals surface area contributed by atoms with Gasteiger partial charge in [-0.1, -0.05) is 32.6 Å². The van der Waals surface area contributed by atoms with E-state index in [9.17, 15) is 10.0 Å². The Morgan fingerprint density at radius 1 is 1.17 bits per heavy atom. The normalized spacial score (nSPS) is 10.7. The number of carboxylic acids is 1. The summed E-state index contributed by atoms with van der Waals surface area (Å²) < 4.78 is -0.225. The lowest BCUT2D eigenvalue weighted by Crippen LogP contribution is -2.34. The van der Waals surface area contributed by atoms with Crippen molar-refractivity contribution in [1.82, 2.24) is 0 Å². The maximum atomic E-state index is 10.7. The highest BCUT2D eigenvalue weighted by Gasteiger charge is 1.97. The Balaban J connectivity index is 0. The van der Waals surface area contributed by atoms with E-state index in [0.717, 1.165) is 19.3 Å². The van der Waals surface area contributed by atoms with Gasteiger partial charge in [-0.3, -0.25) is 4.79 Å². The number of carbonyl (C=O) groups is 1. The first-order chi connectivity index (χ1) is 8.33. The molecule has 0 fully saturated rings. The van der Waals surface area contributed by atoms with Crippen molar-refractivity contribution in [2.24, 2.45) is 5.73 Å². The molecule has 0 bridgehead atoms. The molecule has 0 aliphatic heterocycles. The molecule has 0 heterocycles. The fraction of sp³-hybridized carbons (Fsp3) is 0.923. The van der Waals surface area contributed by atoms with Crippen molar-refractivity contribution in [2.45, 2.75) is 51.9 Å². The van der Waals surface area contributed by atoms with Gasteiger partial charge in [-0.05, 0) is 13.0 Å². The van der Waals surface area contributed by atoms with Crippen LogP contribution in [-0.4, -0.2) is 42.9 Å². The first-order valence-corrected chi connectivity index (χ1v) is 6.79. The number of hydrogen-bond donors (Lipinski definition) is 2. The lowest BCUT2D eigenvalue weighted by molar-refractivity contribution is -0.840. The number of carboxylic acid groups (broad SMARTS) is 1. The molecule has 5 heteroatoms. The van der Waals surface area contributed by atoms with Crippen LogP contribution in [-0.2, 0) is 4.79 Å². The molecule has 0 radical (unpaired) electrons. The molecule has 0 atom stereocenters. The zero-order chi connectivity index (χ0) is 14.4. The van der Waals surface area contributed by atoms with E-state index >= 15 is 0 Å². The third kappa shape index (κ3) is 24.5.